The largest absolute Gasteiger partial charge is 0.314 e. The van der Waals surface area contributed by atoms with Crippen molar-refractivity contribution in [2.45, 2.75) is 45.1 Å². The molecule has 2 heterocycles. The standard InChI is InChI=1S/C18H26N2O/c1-5-18(14-10-11-20(12-14)13(2)3)15-8-6-7-9-16(15)19(4)17(18)21/h6-9,13-14H,5,10-12H2,1-4H3. The van der Waals surface area contributed by atoms with Gasteiger partial charge in [0.15, 0.2) is 0 Å². The lowest BCUT2D eigenvalue weighted by Gasteiger charge is -2.34. The summed E-state index contributed by atoms with van der Waals surface area (Å²) in [7, 11) is 1.92. The van der Waals surface area contributed by atoms with Gasteiger partial charge < -0.3 is 9.80 Å². The lowest BCUT2D eigenvalue weighted by atomic mass is 9.68. The molecule has 0 saturated carbocycles. The molecule has 2 unspecified atom stereocenters. The smallest absolute Gasteiger partial charge is 0.237 e. The Morgan fingerprint density at radius 3 is 2.67 bits per heavy atom. The van der Waals surface area contributed by atoms with Crippen LogP contribution >= 0.6 is 0 Å². The number of fused-ring (bicyclic) bond motifs is 1. The van der Waals surface area contributed by atoms with Gasteiger partial charge in [-0.3, -0.25) is 4.79 Å². The number of anilines is 1. The zero-order chi connectivity index (χ0) is 15.2. The molecule has 3 rings (SSSR count). The highest BCUT2D eigenvalue weighted by molar-refractivity contribution is 6.08. The molecule has 2 aliphatic rings. The van der Waals surface area contributed by atoms with E-state index >= 15 is 0 Å². The van der Waals surface area contributed by atoms with E-state index < -0.39 is 0 Å². The second kappa shape index (κ2) is 5.13. The van der Waals surface area contributed by atoms with Gasteiger partial charge in [0.25, 0.3) is 0 Å². The summed E-state index contributed by atoms with van der Waals surface area (Å²) in [4.78, 5) is 17.5. The Labute approximate surface area is 127 Å². The average Bonchev–Trinajstić information content (AvgIpc) is 3.05. The number of amides is 1. The highest BCUT2D eigenvalue weighted by Gasteiger charge is 2.54. The van der Waals surface area contributed by atoms with E-state index in [1.165, 1.54) is 5.56 Å². The van der Waals surface area contributed by atoms with E-state index in [0.717, 1.165) is 31.6 Å². The molecule has 0 aliphatic carbocycles. The van der Waals surface area contributed by atoms with Crippen molar-refractivity contribution in [3.8, 4) is 0 Å². The third-order valence-electron chi connectivity index (χ3n) is 5.64. The Bertz CT molecular complexity index is 554. The molecule has 1 saturated heterocycles. The van der Waals surface area contributed by atoms with Gasteiger partial charge in [0.1, 0.15) is 0 Å². The van der Waals surface area contributed by atoms with Crippen molar-refractivity contribution in [2.24, 2.45) is 5.92 Å². The molecule has 0 radical (unpaired) electrons. The number of likely N-dealkylation sites (tertiary alicyclic amines) is 1. The molecule has 114 valence electrons. The number of nitrogens with zero attached hydrogens (tertiary/aromatic N) is 2. The SMILES string of the molecule is CCC1(C2CCN(C(C)C)C2)C(=O)N(C)c2ccccc21. The van der Waals surface area contributed by atoms with Crippen LogP contribution in [0.4, 0.5) is 5.69 Å². The number of carbonyl (C=O) groups excluding carboxylic acids is 1. The molecular weight excluding hydrogens is 260 g/mol. The van der Waals surface area contributed by atoms with Crippen molar-refractivity contribution in [3.05, 3.63) is 29.8 Å². The minimum absolute atomic E-state index is 0.293. The zero-order valence-corrected chi connectivity index (χ0v) is 13.6. The van der Waals surface area contributed by atoms with Crippen LogP contribution < -0.4 is 4.90 Å². The van der Waals surface area contributed by atoms with Gasteiger partial charge in [-0.2, -0.15) is 0 Å². The van der Waals surface area contributed by atoms with Gasteiger partial charge in [0, 0.05) is 25.3 Å². The molecule has 0 bridgehead atoms. The molecule has 1 aromatic rings. The van der Waals surface area contributed by atoms with Gasteiger partial charge in [-0.15, -0.1) is 0 Å². The van der Waals surface area contributed by atoms with E-state index in [4.69, 9.17) is 0 Å². The Morgan fingerprint density at radius 1 is 1.33 bits per heavy atom. The Hall–Kier alpha value is -1.35. The first-order valence-corrected chi connectivity index (χ1v) is 8.14. The lowest BCUT2D eigenvalue weighted by molar-refractivity contribution is -0.124. The number of benzene rings is 1. The number of likely N-dealkylation sites (N-methyl/N-ethyl adjacent to an activating group) is 1. The first kappa shape index (κ1) is 14.6. The predicted molar refractivity (Wildman–Crippen MR) is 86.6 cm³/mol. The molecule has 0 aromatic heterocycles. The van der Waals surface area contributed by atoms with Crippen molar-refractivity contribution in [2.75, 3.05) is 25.0 Å². The number of rotatable bonds is 3. The van der Waals surface area contributed by atoms with Gasteiger partial charge in [-0.05, 0) is 50.8 Å². The monoisotopic (exact) mass is 286 g/mol. The summed E-state index contributed by atoms with van der Waals surface area (Å²) in [6, 6.07) is 8.92. The Balaban J connectivity index is 2.03. The molecule has 0 N–H and O–H groups in total. The topological polar surface area (TPSA) is 23.6 Å². The second-order valence-electron chi connectivity index (χ2n) is 6.78. The summed E-state index contributed by atoms with van der Waals surface area (Å²) in [5.41, 5.74) is 2.04. The van der Waals surface area contributed by atoms with Gasteiger partial charge in [0.05, 0.1) is 5.41 Å². The molecule has 1 aromatic carbocycles. The van der Waals surface area contributed by atoms with Crippen molar-refractivity contribution < 1.29 is 4.79 Å². The summed E-state index contributed by atoms with van der Waals surface area (Å²) in [6.07, 6.45) is 2.02. The number of carbonyl (C=O) groups is 1. The molecule has 2 aliphatic heterocycles. The maximum Gasteiger partial charge on any atom is 0.237 e. The molecule has 0 spiro atoms. The van der Waals surface area contributed by atoms with Crippen molar-refractivity contribution >= 4 is 11.6 Å². The van der Waals surface area contributed by atoms with Crippen LogP contribution in [0.3, 0.4) is 0 Å². The van der Waals surface area contributed by atoms with E-state index in [0.29, 0.717) is 17.9 Å². The number of para-hydroxylation sites is 1. The predicted octanol–water partition coefficient (Wildman–Crippen LogP) is 3.04. The maximum absolute atomic E-state index is 13.1. The highest BCUT2D eigenvalue weighted by atomic mass is 16.2. The van der Waals surface area contributed by atoms with Crippen LogP contribution in [0.25, 0.3) is 0 Å². The number of hydrogen-bond acceptors (Lipinski definition) is 2. The zero-order valence-electron chi connectivity index (χ0n) is 13.6. The fraction of sp³-hybridized carbons (Fsp3) is 0.611. The van der Waals surface area contributed by atoms with E-state index in [1.807, 2.05) is 18.0 Å². The van der Waals surface area contributed by atoms with Crippen LogP contribution in [0.2, 0.25) is 0 Å². The highest BCUT2D eigenvalue weighted by Crippen LogP contribution is 2.50. The molecule has 1 fully saturated rings. The quantitative estimate of drug-likeness (QED) is 0.852. The molecule has 2 atom stereocenters. The third kappa shape index (κ3) is 1.94. The fourth-order valence-corrected chi connectivity index (χ4v) is 4.35. The first-order valence-electron chi connectivity index (χ1n) is 8.14. The van der Waals surface area contributed by atoms with Crippen LogP contribution in [0, 0.1) is 5.92 Å². The molecule has 3 nitrogen and oxygen atoms in total. The van der Waals surface area contributed by atoms with Crippen LogP contribution in [-0.4, -0.2) is 37.0 Å². The molecule has 1 amide bonds. The van der Waals surface area contributed by atoms with Gasteiger partial charge >= 0.3 is 0 Å². The van der Waals surface area contributed by atoms with E-state index in [2.05, 4.69) is 43.9 Å². The molecular formula is C18H26N2O. The summed E-state index contributed by atoms with van der Waals surface area (Å²) in [6.45, 7) is 8.82. The summed E-state index contributed by atoms with van der Waals surface area (Å²) in [5, 5.41) is 0. The minimum atomic E-state index is -0.311. The number of hydrogen-bond donors (Lipinski definition) is 0. The van der Waals surface area contributed by atoms with E-state index in [1.54, 1.807) is 0 Å². The second-order valence-corrected chi connectivity index (χ2v) is 6.78. The minimum Gasteiger partial charge on any atom is -0.314 e. The third-order valence-corrected chi connectivity index (χ3v) is 5.64. The first-order chi connectivity index (χ1) is 10.0. The fourth-order valence-electron chi connectivity index (χ4n) is 4.35. The van der Waals surface area contributed by atoms with Crippen molar-refractivity contribution in [3.63, 3.8) is 0 Å². The van der Waals surface area contributed by atoms with Crippen molar-refractivity contribution in [1.29, 1.82) is 0 Å². The van der Waals surface area contributed by atoms with Gasteiger partial charge in [-0.25, -0.2) is 0 Å². The van der Waals surface area contributed by atoms with Gasteiger partial charge in [0.2, 0.25) is 5.91 Å². The molecule has 3 heteroatoms. The summed E-state index contributed by atoms with van der Waals surface area (Å²) >= 11 is 0. The van der Waals surface area contributed by atoms with Crippen LogP contribution in [-0.2, 0) is 10.2 Å². The maximum atomic E-state index is 13.1. The Kier molecular flexibility index (Phi) is 3.56. The van der Waals surface area contributed by atoms with Gasteiger partial charge in [-0.1, -0.05) is 25.1 Å². The summed E-state index contributed by atoms with van der Waals surface area (Å²) in [5.74, 6) is 0.727. The van der Waals surface area contributed by atoms with Crippen LogP contribution in [0.5, 0.6) is 0 Å². The Morgan fingerprint density at radius 2 is 2.05 bits per heavy atom. The lowest BCUT2D eigenvalue weighted by Crippen LogP contribution is -2.45. The van der Waals surface area contributed by atoms with Crippen LogP contribution in [0.1, 0.15) is 39.2 Å². The summed E-state index contributed by atoms with van der Waals surface area (Å²) < 4.78 is 0. The van der Waals surface area contributed by atoms with E-state index in [9.17, 15) is 4.79 Å². The normalized spacial score (nSPS) is 29.5. The molecule has 21 heavy (non-hydrogen) atoms. The van der Waals surface area contributed by atoms with E-state index in [-0.39, 0.29) is 5.41 Å². The van der Waals surface area contributed by atoms with Crippen LogP contribution in [0.15, 0.2) is 24.3 Å². The van der Waals surface area contributed by atoms with Crippen molar-refractivity contribution in [1.82, 2.24) is 4.90 Å². The average molecular weight is 286 g/mol.